The molecule has 0 amide bonds. The van der Waals surface area contributed by atoms with Crippen molar-refractivity contribution in [1.29, 1.82) is 0 Å². The number of aromatic nitrogens is 3. The first-order valence-electron chi connectivity index (χ1n) is 10.6. The summed E-state index contributed by atoms with van der Waals surface area (Å²) < 4.78 is 74.2. The maximum Gasteiger partial charge on any atom is 0.416 e. The minimum Gasteiger partial charge on any atom is -0.494 e. The van der Waals surface area contributed by atoms with Crippen LogP contribution in [-0.4, -0.2) is 27.2 Å². The lowest BCUT2D eigenvalue weighted by atomic mass is 10.2. The average Bonchev–Trinajstić information content (AvgIpc) is 3.21. The van der Waals surface area contributed by atoms with Gasteiger partial charge in [0, 0.05) is 36.4 Å². The number of alkyl halides is 3. The molecule has 0 unspecified atom stereocenters. The number of nitrogens with zero attached hydrogens (tertiary/aromatic N) is 4. The summed E-state index contributed by atoms with van der Waals surface area (Å²) in [7, 11) is 1.38. The second-order valence-corrected chi connectivity index (χ2v) is 7.59. The highest BCUT2D eigenvalue weighted by Gasteiger charge is 2.30. The van der Waals surface area contributed by atoms with Gasteiger partial charge in [-0.25, -0.2) is 18.5 Å². The molecule has 0 saturated carbocycles. The van der Waals surface area contributed by atoms with Crippen LogP contribution >= 0.6 is 0 Å². The first kappa shape index (κ1) is 25.4. The van der Waals surface area contributed by atoms with Crippen molar-refractivity contribution in [3.8, 4) is 17.1 Å². The van der Waals surface area contributed by atoms with Gasteiger partial charge >= 0.3 is 6.18 Å². The monoisotopic (exact) mass is 515 g/mol. The first-order chi connectivity index (χ1) is 17.6. The van der Waals surface area contributed by atoms with Crippen LogP contribution in [0.15, 0.2) is 89.2 Å². The van der Waals surface area contributed by atoms with E-state index >= 15 is 0 Å². The Balaban J connectivity index is 1.79. The molecule has 37 heavy (non-hydrogen) atoms. The second kappa shape index (κ2) is 10.1. The van der Waals surface area contributed by atoms with Crippen molar-refractivity contribution in [3.05, 3.63) is 113 Å². The molecular formula is C25H18F5N5O2. The average molecular weight is 515 g/mol. The normalized spacial score (nSPS) is 12.3. The maximum atomic E-state index is 13.5. The highest BCUT2D eigenvalue weighted by Crippen LogP contribution is 2.31. The van der Waals surface area contributed by atoms with Crippen LogP contribution in [0.25, 0.3) is 11.4 Å². The van der Waals surface area contributed by atoms with E-state index in [1.807, 2.05) is 0 Å². The van der Waals surface area contributed by atoms with Crippen molar-refractivity contribution in [2.45, 2.75) is 6.18 Å². The third-order valence-corrected chi connectivity index (χ3v) is 5.17. The number of halogens is 5. The molecule has 0 aliphatic heterocycles. The van der Waals surface area contributed by atoms with Crippen LogP contribution in [0.5, 0.6) is 5.75 Å². The lowest BCUT2D eigenvalue weighted by Crippen LogP contribution is -2.20. The Hall–Kier alpha value is -4.74. The van der Waals surface area contributed by atoms with Crippen LogP contribution in [0.2, 0.25) is 0 Å². The molecule has 4 aromatic rings. The zero-order chi connectivity index (χ0) is 26.7. The van der Waals surface area contributed by atoms with Crippen molar-refractivity contribution < 1.29 is 26.7 Å². The Morgan fingerprint density at radius 1 is 1.08 bits per heavy atom. The van der Waals surface area contributed by atoms with Gasteiger partial charge in [0.05, 0.1) is 24.1 Å². The quantitative estimate of drug-likeness (QED) is 0.292. The second-order valence-electron chi connectivity index (χ2n) is 7.59. The lowest BCUT2D eigenvalue weighted by molar-refractivity contribution is -0.137. The predicted octanol–water partition coefficient (Wildman–Crippen LogP) is 4.92. The molecule has 4 rings (SSSR count). The van der Waals surface area contributed by atoms with Gasteiger partial charge in [0.2, 0.25) is 5.43 Å². The molecule has 190 valence electrons. The Morgan fingerprint density at radius 2 is 1.81 bits per heavy atom. The van der Waals surface area contributed by atoms with Gasteiger partial charge in [-0.05, 0) is 42.6 Å². The predicted molar refractivity (Wildman–Crippen MR) is 127 cm³/mol. The molecule has 0 atom stereocenters. The van der Waals surface area contributed by atoms with E-state index in [1.54, 1.807) is 12.1 Å². The zero-order valence-corrected chi connectivity index (χ0v) is 19.1. The fourth-order valence-corrected chi connectivity index (χ4v) is 3.44. The number of hydrogen-bond donors (Lipinski definition) is 1. The van der Waals surface area contributed by atoms with E-state index in [9.17, 15) is 26.7 Å². The fraction of sp³-hybridized carbons (Fsp3) is 0.0800. The summed E-state index contributed by atoms with van der Waals surface area (Å²) in [5, 5.41) is 4.30. The van der Waals surface area contributed by atoms with Crippen molar-refractivity contribution in [1.82, 2.24) is 14.3 Å². The molecule has 0 aliphatic carbocycles. The number of allylic oxidation sites excluding steroid dienone is 1. The van der Waals surface area contributed by atoms with Crippen LogP contribution in [0.3, 0.4) is 0 Å². The summed E-state index contributed by atoms with van der Waals surface area (Å²) in [4.78, 5) is 16.8. The zero-order valence-electron chi connectivity index (χ0n) is 19.1. The molecule has 2 N–H and O–H groups in total. The van der Waals surface area contributed by atoms with Gasteiger partial charge in [-0.3, -0.25) is 4.79 Å². The van der Waals surface area contributed by atoms with E-state index in [-0.39, 0.29) is 22.8 Å². The number of aliphatic imine (C=N–C) groups is 1. The Kier molecular flexibility index (Phi) is 6.92. The standard InChI is InChI=1S/C25H18F5N5O2/c1-37-23-12-17(34-13-18(26)19(27)14-34)5-6-21(23)35-10-8-22(36)24(33-35)20(7-9-31)32-16-4-2-3-15(11-16)25(28,29)30/h2-14H,31H2,1H3. The number of ether oxygens (including phenoxy) is 1. The van der Waals surface area contributed by atoms with Gasteiger partial charge in [-0.1, -0.05) is 6.07 Å². The summed E-state index contributed by atoms with van der Waals surface area (Å²) in [6.07, 6.45) is 1.03. The Bertz CT molecular complexity index is 1550. The summed E-state index contributed by atoms with van der Waals surface area (Å²) in [5.74, 6) is -1.79. The molecule has 0 fully saturated rings. The summed E-state index contributed by atoms with van der Waals surface area (Å²) >= 11 is 0. The van der Waals surface area contributed by atoms with Crippen LogP contribution < -0.4 is 15.9 Å². The molecule has 0 aliphatic rings. The largest absolute Gasteiger partial charge is 0.494 e. The van der Waals surface area contributed by atoms with Crippen LogP contribution in [-0.2, 0) is 6.18 Å². The topological polar surface area (TPSA) is 87.4 Å². The summed E-state index contributed by atoms with van der Waals surface area (Å²) in [6.45, 7) is 0. The first-order valence-corrected chi connectivity index (χ1v) is 10.6. The van der Waals surface area contributed by atoms with Gasteiger partial charge < -0.3 is 15.0 Å². The van der Waals surface area contributed by atoms with Gasteiger partial charge in [-0.2, -0.15) is 18.3 Å². The van der Waals surface area contributed by atoms with Gasteiger partial charge in [-0.15, -0.1) is 0 Å². The van der Waals surface area contributed by atoms with E-state index in [0.717, 1.165) is 30.7 Å². The van der Waals surface area contributed by atoms with Crippen LogP contribution in [0, 0.1) is 11.6 Å². The maximum absolute atomic E-state index is 13.5. The molecule has 7 nitrogen and oxygen atoms in total. The summed E-state index contributed by atoms with van der Waals surface area (Å²) in [5.41, 5.74) is 4.45. The third-order valence-electron chi connectivity index (χ3n) is 5.17. The molecule has 0 spiro atoms. The number of methoxy groups -OCH3 is 1. The molecule has 0 radical (unpaired) electrons. The molecule has 0 saturated heterocycles. The molecule has 0 bridgehead atoms. The molecule has 12 heteroatoms. The van der Waals surface area contributed by atoms with E-state index in [0.29, 0.717) is 11.4 Å². The van der Waals surface area contributed by atoms with E-state index in [4.69, 9.17) is 10.5 Å². The van der Waals surface area contributed by atoms with Crippen molar-refractivity contribution >= 4 is 11.4 Å². The number of hydrogen-bond acceptors (Lipinski definition) is 5. The van der Waals surface area contributed by atoms with Crippen LogP contribution in [0.1, 0.15) is 11.3 Å². The number of benzene rings is 2. The number of rotatable bonds is 6. The molecule has 2 heterocycles. The Morgan fingerprint density at radius 3 is 2.46 bits per heavy atom. The minimum atomic E-state index is -4.58. The van der Waals surface area contributed by atoms with Gasteiger partial charge in [0.15, 0.2) is 17.3 Å². The fourth-order valence-electron chi connectivity index (χ4n) is 3.44. The van der Waals surface area contributed by atoms with E-state index < -0.39 is 28.8 Å². The van der Waals surface area contributed by atoms with Crippen molar-refractivity contribution in [2.75, 3.05) is 7.11 Å². The highest BCUT2D eigenvalue weighted by atomic mass is 19.4. The highest BCUT2D eigenvalue weighted by molar-refractivity contribution is 6.08. The lowest BCUT2D eigenvalue weighted by Gasteiger charge is -2.14. The van der Waals surface area contributed by atoms with E-state index in [2.05, 4.69) is 10.1 Å². The summed E-state index contributed by atoms with van der Waals surface area (Å²) in [6, 6.07) is 10.1. The molecular weight excluding hydrogens is 497 g/mol. The van der Waals surface area contributed by atoms with Gasteiger partial charge in [0.1, 0.15) is 11.4 Å². The third kappa shape index (κ3) is 5.42. The molecule has 2 aromatic carbocycles. The molecule has 2 aromatic heterocycles. The Labute approximate surface area is 206 Å². The smallest absolute Gasteiger partial charge is 0.416 e. The van der Waals surface area contributed by atoms with Crippen LogP contribution in [0.4, 0.5) is 27.6 Å². The van der Waals surface area contributed by atoms with Crippen molar-refractivity contribution in [2.24, 2.45) is 10.7 Å². The van der Waals surface area contributed by atoms with E-state index in [1.165, 1.54) is 52.9 Å². The SMILES string of the molecule is COc1cc(-n2cc(F)c(F)c2)ccc1-n1ccc(=O)c(C(C=CN)=Nc2cccc(C(F)(F)F)c2)n1. The van der Waals surface area contributed by atoms with Gasteiger partial charge in [0.25, 0.3) is 0 Å². The number of nitrogens with two attached hydrogens (primary N) is 1. The minimum absolute atomic E-state index is 0.0624. The van der Waals surface area contributed by atoms with Crippen molar-refractivity contribution in [3.63, 3.8) is 0 Å².